The Morgan fingerprint density at radius 1 is 0.920 bits per heavy atom. The first-order chi connectivity index (χ1) is 36.1. The van der Waals surface area contributed by atoms with Gasteiger partial charge in [-0.1, -0.05) is 95.8 Å². The lowest BCUT2D eigenvalue weighted by Gasteiger charge is -2.21. The van der Waals surface area contributed by atoms with Gasteiger partial charge < -0.3 is 45.0 Å². The van der Waals surface area contributed by atoms with Crippen molar-refractivity contribution in [3.63, 3.8) is 0 Å². The summed E-state index contributed by atoms with van der Waals surface area (Å²) in [6.07, 6.45) is 2.48. The number of carboxylic acids is 1. The topological polar surface area (TPSA) is 150 Å². The summed E-state index contributed by atoms with van der Waals surface area (Å²) < 4.78 is 63.3. The number of aromatic nitrogens is 2. The van der Waals surface area contributed by atoms with Gasteiger partial charge in [-0.05, 0) is 124 Å². The number of rotatable bonds is 22. The van der Waals surface area contributed by atoms with Crippen molar-refractivity contribution >= 4 is 62.8 Å². The number of aldehydes is 1. The number of halogens is 5. The molecule has 4 aromatic carbocycles. The number of aromatic carboxylic acids is 1. The number of nitrogens with one attached hydrogen (secondary N) is 4. The van der Waals surface area contributed by atoms with Crippen molar-refractivity contribution in [2.24, 2.45) is 0 Å². The van der Waals surface area contributed by atoms with Crippen LogP contribution in [0.15, 0.2) is 91.6 Å². The molecule has 1 amide bonds. The summed E-state index contributed by atoms with van der Waals surface area (Å²) in [4.78, 5) is 40.5. The van der Waals surface area contributed by atoms with E-state index in [1.807, 2.05) is 46.1 Å². The van der Waals surface area contributed by atoms with E-state index in [0.29, 0.717) is 94.6 Å². The summed E-state index contributed by atoms with van der Waals surface area (Å²) in [7, 11) is 5.73. The largest absolute Gasteiger partial charge is 0.495 e. The predicted octanol–water partition coefficient (Wildman–Crippen LogP) is 13.3. The summed E-state index contributed by atoms with van der Waals surface area (Å²) in [5.74, 6) is 5.86. The van der Waals surface area contributed by atoms with Crippen molar-refractivity contribution in [3.8, 4) is 34.5 Å². The highest BCUT2D eigenvalue weighted by molar-refractivity contribution is 6.34. The van der Waals surface area contributed by atoms with E-state index < -0.39 is 18.7 Å². The van der Waals surface area contributed by atoms with E-state index in [2.05, 4.69) is 65.0 Å². The number of hydrogen-bond acceptors (Lipinski definition) is 8. The Morgan fingerprint density at radius 2 is 1.61 bits per heavy atom. The molecule has 0 bridgehead atoms. The van der Waals surface area contributed by atoms with Crippen molar-refractivity contribution in [3.05, 3.63) is 119 Å². The Morgan fingerprint density at radius 3 is 2.24 bits per heavy atom. The number of amides is 1. The molecular formula is C58H75ClF4N6O6. The van der Waals surface area contributed by atoms with Gasteiger partial charge in [0.15, 0.2) is 0 Å². The molecule has 0 aliphatic rings. The van der Waals surface area contributed by atoms with Crippen molar-refractivity contribution in [2.45, 2.75) is 85.9 Å². The van der Waals surface area contributed by atoms with Gasteiger partial charge in [0.2, 0.25) is 5.91 Å². The second-order valence-corrected chi connectivity index (χ2v) is 17.0. The molecule has 0 saturated heterocycles. The number of methoxy groups -OCH3 is 1. The Balaban J connectivity index is 0.00000179. The van der Waals surface area contributed by atoms with Gasteiger partial charge in [-0.25, -0.2) is 4.79 Å². The summed E-state index contributed by atoms with van der Waals surface area (Å²) in [6, 6.07) is 22.6. The van der Waals surface area contributed by atoms with Gasteiger partial charge in [0.1, 0.15) is 30.9 Å². The van der Waals surface area contributed by atoms with Crippen LogP contribution < -0.4 is 25.4 Å². The third kappa shape index (κ3) is 20.8. The van der Waals surface area contributed by atoms with Crippen molar-refractivity contribution in [1.29, 1.82) is 0 Å². The molecule has 2 aromatic heterocycles. The number of ether oxygens (including phenoxy) is 2. The molecular weight excluding hydrogens is 988 g/mol. The maximum atomic E-state index is 13.8. The molecule has 0 aliphatic carbocycles. The SMILES string of the molecule is C=C(CCN(CC)CCCCCC(=O)NCCOc1ccc(-c2cc3c(C(=O)O)c[nH]c3cc2Cl)cc1)c1cccc2c1cc(C#CCNc1ccc(C=O)cc1OC)n2CC(F)(F)F.CC.CCC.CF.CNC. The standard InChI is InChI=1S/C50H51ClF3N5O6.C3H8.C2H7N.C2H6.CH3F/c1-4-58(23-7-5-6-13-48(61)56-22-25-65-37-17-15-35(16-18-37)39-28-40-42(49(62)63)30-57-45(40)29-43(39)51)24-20-33(2)38-11-8-12-46-41(38)27-36(59(46)32-50(52,53)54)10-9-21-55-44-19-14-34(31-60)26-47(44)64-3;2*1-3-2;2*1-2/h8,11-12,14-19,26-31,55,57H,2,4-7,13,20-25,32H2,1,3H3,(H,56,61)(H,62,63);3H2,1-2H3;3H,1-2H3;1-2H3;1H3. The fourth-order valence-corrected chi connectivity index (χ4v) is 7.89. The number of fused-ring (bicyclic) bond motifs is 2. The lowest BCUT2D eigenvalue weighted by Crippen LogP contribution is -2.28. The molecule has 0 spiro atoms. The number of hydrogen-bond donors (Lipinski definition) is 5. The lowest BCUT2D eigenvalue weighted by molar-refractivity contribution is -0.140. The van der Waals surface area contributed by atoms with E-state index in [-0.39, 0.29) is 23.7 Å². The van der Waals surface area contributed by atoms with Crippen LogP contribution in [0.3, 0.4) is 0 Å². The fourth-order valence-electron chi connectivity index (χ4n) is 7.62. The zero-order chi connectivity index (χ0) is 55.9. The van der Waals surface area contributed by atoms with Crippen LogP contribution in [0, 0.1) is 11.8 Å². The highest BCUT2D eigenvalue weighted by Gasteiger charge is 2.30. The molecule has 408 valence electrons. The molecule has 5 N–H and O–H groups in total. The Kier molecular flexibility index (Phi) is 29.7. The first-order valence-electron chi connectivity index (χ1n) is 25.1. The number of H-pyrrole nitrogens is 1. The monoisotopic (exact) mass is 1060 g/mol. The number of nitrogens with zero attached hydrogens (tertiary/aromatic N) is 2. The molecule has 0 saturated carbocycles. The number of unbranched alkanes of at least 4 members (excludes halogenated alkanes) is 2. The van der Waals surface area contributed by atoms with Crippen molar-refractivity contribution in [2.75, 3.05) is 73.0 Å². The molecule has 0 radical (unpaired) electrons. The van der Waals surface area contributed by atoms with Crippen LogP contribution in [-0.4, -0.2) is 112 Å². The van der Waals surface area contributed by atoms with Crippen LogP contribution in [-0.2, 0) is 11.3 Å². The molecule has 0 unspecified atom stereocenters. The minimum Gasteiger partial charge on any atom is -0.495 e. The summed E-state index contributed by atoms with van der Waals surface area (Å²) in [6.45, 7) is 16.6. The summed E-state index contributed by atoms with van der Waals surface area (Å²) >= 11 is 6.50. The molecule has 0 aliphatic heterocycles. The highest BCUT2D eigenvalue weighted by Crippen LogP contribution is 2.35. The smallest absolute Gasteiger partial charge is 0.406 e. The van der Waals surface area contributed by atoms with Crippen LogP contribution in [0.2, 0.25) is 5.02 Å². The third-order valence-corrected chi connectivity index (χ3v) is 11.3. The molecule has 12 nitrogen and oxygen atoms in total. The van der Waals surface area contributed by atoms with Crippen molar-refractivity contribution < 1.29 is 46.5 Å². The fraction of sp³-hybridized carbons (Fsp3) is 0.397. The lowest BCUT2D eigenvalue weighted by atomic mass is 10.00. The third-order valence-electron chi connectivity index (χ3n) is 11.0. The highest BCUT2D eigenvalue weighted by atomic mass is 35.5. The van der Waals surface area contributed by atoms with Gasteiger partial charge in [-0.15, -0.1) is 0 Å². The second kappa shape index (κ2) is 34.6. The zero-order valence-electron chi connectivity index (χ0n) is 44.8. The molecule has 0 fully saturated rings. The van der Waals surface area contributed by atoms with Crippen LogP contribution in [0.1, 0.15) is 105 Å². The van der Waals surface area contributed by atoms with Gasteiger partial charge in [0.25, 0.3) is 0 Å². The number of carboxylic acid groups (broad SMARTS) is 1. The number of benzene rings is 4. The quantitative estimate of drug-likeness (QED) is 0.0194. The Bertz CT molecular complexity index is 2760. The zero-order valence-corrected chi connectivity index (χ0v) is 45.6. The van der Waals surface area contributed by atoms with E-state index in [1.165, 1.54) is 24.3 Å². The van der Waals surface area contributed by atoms with E-state index in [0.717, 1.165) is 55.6 Å². The minimum atomic E-state index is -4.46. The van der Waals surface area contributed by atoms with E-state index >= 15 is 0 Å². The predicted molar refractivity (Wildman–Crippen MR) is 300 cm³/mol. The maximum Gasteiger partial charge on any atom is 0.406 e. The van der Waals surface area contributed by atoms with Gasteiger partial charge in [-0.3, -0.25) is 14.0 Å². The second-order valence-electron chi connectivity index (χ2n) is 16.6. The van der Waals surface area contributed by atoms with Crippen LogP contribution in [0.5, 0.6) is 11.5 Å². The first-order valence-corrected chi connectivity index (χ1v) is 25.4. The summed E-state index contributed by atoms with van der Waals surface area (Å²) in [5.41, 5.74) is 5.63. The molecule has 6 aromatic rings. The van der Waals surface area contributed by atoms with E-state index in [4.69, 9.17) is 21.1 Å². The Hall–Kier alpha value is -6.80. The number of alkyl halides is 4. The van der Waals surface area contributed by atoms with Gasteiger partial charge in [-0.2, -0.15) is 13.2 Å². The average molecular weight is 1060 g/mol. The molecule has 0 atom stereocenters. The first kappa shape index (κ1) is 64.3. The maximum absolute atomic E-state index is 13.8. The van der Waals surface area contributed by atoms with Gasteiger partial charge >= 0.3 is 12.1 Å². The normalized spacial score (nSPS) is 10.5. The van der Waals surface area contributed by atoms with Crippen LogP contribution in [0.4, 0.5) is 23.2 Å². The van der Waals surface area contributed by atoms with E-state index in [9.17, 15) is 37.1 Å². The molecule has 2 heterocycles. The molecule has 17 heteroatoms. The number of aromatic amines is 1. The number of carbonyl (C=O) groups is 3. The Labute approximate surface area is 445 Å². The van der Waals surface area contributed by atoms with Gasteiger partial charge in [0.05, 0.1) is 49.3 Å². The van der Waals surface area contributed by atoms with Crippen molar-refractivity contribution in [1.82, 2.24) is 25.1 Å². The number of carbonyl (C=O) groups excluding carboxylic acids is 2. The van der Waals surface area contributed by atoms with E-state index in [1.54, 1.807) is 60.7 Å². The number of anilines is 1. The van der Waals surface area contributed by atoms with Gasteiger partial charge in [0, 0.05) is 52.1 Å². The average Bonchev–Trinajstić information content (AvgIpc) is 3.98. The molecule has 6 rings (SSSR count). The van der Waals surface area contributed by atoms with Crippen LogP contribution in [0.25, 0.3) is 38.5 Å². The summed E-state index contributed by atoms with van der Waals surface area (Å²) in [5, 5.41) is 20.0. The molecule has 75 heavy (non-hydrogen) atoms. The van der Waals surface area contributed by atoms with Crippen LogP contribution >= 0.6 is 11.6 Å². The minimum absolute atomic E-state index is 0.0462.